The molecule has 6 nitrogen and oxygen atoms in total. The molecule has 2 aliphatic rings. The van der Waals surface area contributed by atoms with E-state index in [9.17, 15) is 0 Å². The molecule has 2 atom stereocenters. The van der Waals surface area contributed by atoms with Gasteiger partial charge in [0.1, 0.15) is 11.6 Å². The molecule has 134 valence electrons. The standard InChI is InChI=1S/C21H19N5O/c22-8-17-10-24-26-12-18(9-23-21(17)26)16-6-19-13-27-14-20(7-16)25(19)11-15-4-2-1-3-5-15/h1-6,9-10,12,19-20H,7,11,13-14H2. The Morgan fingerprint density at radius 3 is 2.89 bits per heavy atom. The van der Waals surface area contributed by atoms with Crippen LogP contribution in [0.25, 0.3) is 11.2 Å². The lowest BCUT2D eigenvalue weighted by atomic mass is 9.90. The molecule has 5 rings (SSSR count). The van der Waals surface area contributed by atoms with Crippen molar-refractivity contribution in [2.24, 2.45) is 0 Å². The van der Waals surface area contributed by atoms with Crippen molar-refractivity contribution < 1.29 is 4.74 Å². The maximum absolute atomic E-state index is 9.13. The normalized spacial score (nSPS) is 22.4. The van der Waals surface area contributed by atoms with Gasteiger partial charge in [-0.15, -0.1) is 0 Å². The molecular weight excluding hydrogens is 338 g/mol. The molecular formula is C21H19N5O. The largest absolute Gasteiger partial charge is 0.378 e. The average Bonchev–Trinajstić information content (AvgIpc) is 3.11. The van der Waals surface area contributed by atoms with E-state index in [0.717, 1.165) is 25.1 Å². The summed E-state index contributed by atoms with van der Waals surface area (Å²) in [5.74, 6) is 0. The Balaban J connectivity index is 1.46. The van der Waals surface area contributed by atoms with Crippen molar-refractivity contribution in [3.05, 3.63) is 71.7 Å². The van der Waals surface area contributed by atoms with E-state index in [1.807, 2.05) is 12.4 Å². The molecule has 4 heterocycles. The fourth-order valence-corrected chi connectivity index (χ4v) is 4.04. The predicted molar refractivity (Wildman–Crippen MR) is 101 cm³/mol. The van der Waals surface area contributed by atoms with E-state index in [-0.39, 0.29) is 6.04 Å². The van der Waals surface area contributed by atoms with Crippen molar-refractivity contribution in [3.63, 3.8) is 0 Å². The highest BCUT2D eigenvalue weighted by atomic mass is 16.5. The highest BCUT2D eigenvalue weighted by Crippen LogP contribution is 2.33. The second kappa shape index (κ2) is 6.62. The fourth-order valence-electron chi connectivity index (χ4n) is 4.04. The number of benzene rings is 1. The summed E-state index contributed by atoms with van der Waals surface area (Å²) in [5.41, 5.74) is 4.77. The number of morpholine rings is 1. The molecule has 1 fully saturated rings. The first-order valence-corrected chi connectivity index (χ1v) is 9.14. The molecule has 6 heteroatoms. The first-order valence-electron chi connectivity index (χ1n) is 9.14. The zero-order valence-electron chi connectivity index (χ0n) is 14.8. The van der Waals surface area contributed by atoms with E-state index in [2.05, 4.69) is 57.5 Å². The molecule has 0 amide bonds. The van der Waals surface area contributed by atoms with Gasteiger partial charge in [0.15, 0.2) is 5.65 Å². The number of fused-ring (bicyclic) bond motifs is 3. The molecule has 0 N–H and O–H groups in total. The summed E-state index contributed by atoms with van der Waals surface area (Å²) in [6, 6.07) is 13.3. The van der Waals surface area contributed by atoms with Crippen LogP contribution in [0, 0.1) is 11.3 Å². The Labute approximate surface area is 157 Å². The predicted octanol–water partition coefficient (Wildman–Crippen LogP) is 2.66. The zero-order chi connectivity index (χ0) is 18.2. The quantitative estimate of drug-likeness (QED) is 0.721. The van der Waals surface area contributed by atoms with Crippen LogP contribution in [0.3, 0.4) is 0 Å². The fraction of sp³-hybridized carbons (Fsp3) is 0.286. The van der Waals surface area contributed by atoms with E-state index in [1.54, 1.807) is 10.7 Å². The van der Waals surface area contributed by atoms with Crippen molar-refractivity contribution in [3.8, 4) is 6.07 Å². The molecule has 0 spiro atoms. The number of nitriles is 1. The number of nitrogens with zero attached hydrogens (tertiary/aromatic N) is 5. The summed E-state index contributed by atoms with van der Waals surface area (Å²) in [7, 11) is 0. The highest BCUT2D eigenvalue weighted by Gasteiger charge is 2.35. The monoisotopic (exact) mass is 357 g/mol. The molecule has 2 bridgehead atoms. The summed E-state index contributed by atoms with van der Waals surface area (Å²) in [6.45, 7) is 2.39. The maximum Gasteiger partial charge on any atom is 0.172 e. The SMILES string of the molecule is N#Cc1cnn2cc(C3=CC4COCC(C3)N4Cc3ccccc3)cnc12. The van der Waals surface area contributed by atoms with Gasteiger partial charge in [0, 0.05) is 30.5 Å². The summed E-state index contributed by atoms with van der Waals surface area (Å²) in [4.78, 5) is 7.00. The molecule has 0 radical (unpaired) electrons. The van der Waals surface area contributed by atoms with Gasteiger partial charge in [0.05, 0.1) is 25.5 Å². The van der Waals surface area contributed by atoms with Crippen LogP contribution in [0.2, 0.25) is 0 Å². The lowest BCUT2D eigenvalue weighted by Crippen LogP contribution is -2.53. The summed E-state index contributed by atoms with van der Waals surface area (Å²) >= 11 is 0. The molecule has 27 heavy (non-hydrogen) atoms. The zero-order valence-corrected chi connectivity index (χ0v) is 14.8. The summed E-state index contributed by atoms with van der Waals surface area (Å²) < 4.78 is 7.51. The van der Waals surface area contributed by atoms with Crippen molar-refractivity contribution in [2.75, 3.05) is 13.2 Å². The first-order chi connectivity index (χ1) is 13.3. The first kappa shape index (κ1) is 16.2. The van der Waals surface area contributed by atoms with Crippen LogP contribution in [-0.4, -0.2) is 44.8 Å². The topological polar surface area (TPSA) is 66.5 Å². The van der Waals surface area contributed by atoms with E-state index in [0.29, 0.717) is 23.9 Å². The van der Waals surface area contributed by atoms with Crippen LogP contribution in [0.15, 0.2) is 55.0 Å². The van der Waals surface area contributed by atoms with Gasteiger partial charge in [-0.3, -0.25) is 4.90 Å². The van der Waals surface area contributed by atoms with Crippen LogP contribution < -0.4 is 0 Å². The Kier molecular flexibility index (Phi) is 3.97. The van der Waals surface area contributed by atoms with Crippen LogP contribution in [0.1, 0.15) is 23.1 Å². The smallest absolute Gasteiger partial charge is 0.172 e. The van der Waals surface area contributed by atoms with E-state index < -0.39 is 0 Å². The van der Waals surface area contributed by atoms with Gasteiger partial charge in [-0.05, 0) is 17.6 Å². The number of aromatic nitrogens is 3. The second-order valence-electron chi connectivity index (χ2n) is 7.09. The minimum atomic E-state index is 0.260. The van der Waals surface area contributed by atoms with Gasteiger partial charge in [-0.25, -0.2) is 9.50 Å². The molecule has 2 aromatic heterocycles. The molecule has 1 saturated heterocycles. The molecule has 3 aromatic rings. The molecule has 1 aromatic carbocycles. The average molecular weight is 357 g/mol. The molecule has 0 aliphatic carbocycles. The molecule has 2 aliphatic heterocycles. The maximum atomic E-state index is 9.13. The van der Waals surface area contributed by atoms with Gasteiger partial charge in [-0.2, -0.15) is 10.4 Å². The van der Waals surface area contributed by atoms with Gasteiger partial charge in [-0.1, -0.05) is 36.4 Å². The lowest BCUT2D eigenvalue weighted by Gasteiger charge is -2.44. The van der Waals surface area contributed by atoms with E-state index in [1.165, 1.54) is 11.1 Å². The third kappa shape index (κ3) is 2.91. The van der Waals surface area contributed by atoms with Crippen molar-refractivity contribution in [2.45, 2.75) is 25.0 Å². The van der Waals surface area contributed by atoms with E-state index >= 15 is 0 Å². The number of hydrogen-bond acceptors (Lipinski definition) is 5. The Hall–Kier alpha value is -3.01. The van der Waals surface area contributed by atoms with Crippen LogP contribution >= 0.6 is 0 Å². The number of hydrogen-bond donors (Lipinski definition) is 0. The van der Waals surface area contributed by atoms with Crippen LogP contribution in [0.5, 0.6) is 0 Å². The van der Waals surface area contributed by atoms with Gasteiger partial charge in [0.25, 0.3) is 0 Å². The number of ether oxygens (including phenoxy) is 1. The van der Waals surface area contributed by atoms with E-state index in [4.69, 9.17) is 10.00 Å². The lowest BCUT2D eigenvalue weighted by molar-refractivity contribution is -0.0402. The summed E-state index contributed by atoms with van der Waals surface area (Å²) in [5, 5.41) is 13.4. The Morgan fingerprint density at radius 2 is 2.07 bits per heavy atom. The Bertz CT molecular complexity index is 1050. The van der Waals surface area contributed by atoms with Gasteiger partial charge < -0.3 is 4.74 Å². The third-order valence-corrected chi connectivity index (χ3v) is 5.40. The second-order valence-corrected chi connectivity index (χ2v) is 7.09. The van der Waals surface area contributed by atoms with Crippen molar-refractivity contribution >= 4 is 11.2 Å². The van der Waals surface area contributed by atoms with Gasteiger partial charge >= 0.3 is 0 Å². The molecule has 0 saturated carbocycles. The van der Waals surface area contributed by atoms with Crippen molar-refractivity contribution in [1.82, 2.24) is 19.5 Å². The van der Waals surface area contributed by atoms with Crippen LogP contribution in [0.4, 0.5) is 0 Å². The van der Waals surface area contributed by atoms with Gasteiger partial charge in [0.2, 0.25) is 0 Å². The number of rotatable bonds is 3. The third-order valence-electron chi connectivity index (χ3n) is 5.40. The van der Waals surface area contributed by atoms with Crippen LogP contribution in [-0.2, 0) is 11.3 Å². The van der Waals surface area contributed by atoms with Crippen molar-refractivity contribution in [1.29, 1.82) is 5.26 Å². The minimum Gasteiger partial charge on any atom is -0.378 e. The summed E-state index contributed by atoms with van der Waals surface area (Å²) in [6.07, 6.45) is 8.61. The Morgan fingerprint density at radius 1 is 1.19 bits per heavy atom. The molecule has 2 unspecified atom stereocenters. The highest BCUT2D eigenvalue weighted by molar-refractivity contribution is 5.68. The minimum absolute atomic E-state index is 0.260.